The molecule has 0 aliphatic carbocycles. The summed E-state index contributed by atoms with van der Waals surface area (Å²) in [4.78, 5) is 8.21. The Morgan fingerprint density at radius 1 is 1.40 bits per heavy atom. The Morgan fingerprint density at radius 3 is 2.65 bits per heavy atom. The molecule has 0 radical (unpaired) electrons. The van der Waals surface area contributed by atoms with Gasteiger partial charge >= 0.3 is 10.3 Å². The molecule has 2 aromatic rings. The Morgan fingerprint density at radius 2 is 2.10 bits per heavy atom. The van der Waals surface area contributed by atoms with Crippen LogP contribution in [0.15, 0.2) is 36.9 Å². The number of hydrogen-bond donors (Lipinski definition) is 2. The van der Waals surface area contributed by atoms with Gasteiger partial charge in [0.2, 0.25) is 0 Å². The Hall–Kier alpha value is -1.97. The van der Waals surface area contributed by atoms with Gasteiger partial charge in [0.05, 0.1) is 6.54 Å². The predicted molar refractivity (Wildman–Crippen MR) is 69.7 cm³/mol. The SMILES string of the molecule is CC(CNS(=O)(=O)O)[n+]1ccc(-c2ncccn2)cn1. The van der Waals surface area contributed by atoms with Crippen molar-refractivity contribution in [1.29, 1.82) is 0 Å². The van der Waals surface area contributed by atoms with Gasteiger partial charge in [-0.1, -0.05) is 4.68 Å². The maximum atomic E-state index is 10.6. The van der Waals surface area contributed by atoms with Gasteiger partial charge in [0.25, 0.3) is 0 Å². The van der Waals surface area contributed by atoms with Crippen molar-refractivity contribution in [2.24, 2.45) is 0 Å². The second kappa shape index (κ2) is 5.99. The van der Waals surface area contributed by atoms with E-state index in [0.29, 0.717) is 5.82 Å². The average Bonchev–Trinajstić information content (AvgIpc) is 2.45. The van der Waals surface area contributed by atoms with E-state index in [0.717, 1.165) is 5.56 Å². The van der Waals surface area contributed by atoms with Crippen molar-refractivity contribution in [2.75, 3.05) is 6.54 Å². The molecule has 1 atom stereocenters. The number of nitrogens with zero attached hydrogens (tertiary/aromatic N) is 4. The van der Waals surface area contributed by atoms with Crippen LogP contribution in [0.1, 0.15) is 13.0 Å². The zero-order valence-corrected chi connectivity index (χ0v) is 11.5. The van der Waals surface area contributed by atoms with E-state index in [9.17, 15) is 8.42 Å². The van der Waals surface area contributed by atoms with Gasteiger partial charge in [0.1, 0.15) is 6.20 Å². The summed E-state index contributed by atoms with van der Waals surface area (Å²) in [7, 11) is -4.19. The van der Waals surface area contributed by atoms with E-state index < -0.39 is 10.3 Å². The molecule has 2 heterocycles. The zero-order valence-electron chi connectivity index (χ0n) is 10.7. The van der Waals surface area contributed by atoms with Crippen molar-refractivity contribution in [3.8, 4) is 11.4 Å². The molecule has 0 aliphatic rings. The largest absolute Gasteiger partial charge is 0.333 e. The van der Waals surface area contributed by atoms with Crippen LogP contribution in [0.25, 0.3) is 11.4 Å². The molecule has 2 rings (SSSR count). The first kappa shape index (κ1) is 14.4. The summed E-state index contributed by atoms with van der Waals surface area (Å²) in [5.74, 6) is 0.566. The summed E-state index contributed by atoms with van der Waals surface area (Å²) in [6.07, 6.45) is 6.57. The highest BCUT2D eigenvalue weighted by Gasteiger charge is 2.17. The van der Waals surface area contributed by atoms with Gasteiger partial charge in [0.15, 0.2) is 18.1 Å². The molecule has 2 N–H and O–H groups in total. The van der Waals surface area contributed by atoms with E-state index in [1.165, 1.54) is 0 Å². The van der Waals surface area contributed by atoms with Gasteiger partial charge < -0.3 is 0 Å². The zero-order chi connectivity index (χ0) is 14.6. The fourth-order valence-corrected chi connectivity index (χ4v) is 1.98. The van der Waals surface area contributed by atoms with Crippen LogP contribution in [0.3, 0.4) is 0 Å². The highest BCUT2D eigenvalue weighted by atomic mass is 32.2. The molecule has 0 aromatic carbocycles. The lowest BCUT2D eigenvalue weighted by molar-refractivity contribution is -0.772. The van der Waals surface area contributed by atoms with Crippen LogP contribution in [0.2, 0.25) is 0 Å². The summed E-state index contributed by atoms with van der Waals surface area (Å²) >= 11 is 0. The molecular formula is C11H14N5O3S+. The first-order valence-electron chi connectivity index (χ1n) is 5.82. The van der Waals surface area contributed by atoms with Crippen LogP contribution < -0.4 is 9.40 Å². The predicted octanol–water partition coefficient (Wildman–Crippen LogP) is -0.221. The maximum Gasteiger partial charge on any atom is 0.333 e. The van der Waals surface area contributed by atoms with Crippen molar-refractivity contribution in [3.63, 3.8) is 0 Å². The molecule has 8 nitrogen and oxygen atoms in total. The van der Waals surface area contributed by atoms with Crippen LogP contribution in [-0.4, -0.2) is 34.6 Å². The van der Waals surface area contributed by atoms with Gasteiger partial charge in [-0.25, -0.2) is 9.97 Å². The molecule has 1 unspecified atom stereocenters. The molecular weight excluding hydrogens is 282 g/mol. The minimum atomic E-state index is -4.19. The van der Waals surface area contributed by atoms with E-state index >= 15 is 0 Å². The Labute approximate surface area is 116 Å². The van der Waals surface area contributed by atoms with Gasteiger partial charge in [-0.05, 0) is 11.2 Å². The third-order valence-corrected chi connectivity index (χ3v) is 3.11. The van der Waals surface area contributed by atoms with E-state index in [-0.39, 0.29) is 12.6 Å². The molecule has 0 fully saturated rings. The van der Waals surface area contributed by atoms with Gasteiger partial charge in [-0.2, -0.15) is 13.1 Å². The molecule has 9 heteroatoms. The lowest BCUT2D eigenvalue weighted by atomic mass is 10.3. The molecule has 20 heavy (non-hydrogen) atoms. The molecule has 0 bridgehead atoms. The van der Waals surface area contributed by atoms with Crippen LogP contribution in [-0.2, 0) is 10.3 Å². The molecule has 0 spiro atoms. The Bertz CT molecular complexity index is 660. The summed E-state index contributed by atoms with van der Waals surface area (Å²) < 4.78 is 33.4. The van der Waals surface area contributed by atoms with Crippen LogP contribution in [0.5, 0.6) is 0 Å². The monoisotopic (exact) mass is 296 g/mol. The number of nitrogens with one attached hydrogen (secondary N) is 1. The summed E-state index contributed by atoms with van der Waals surface area (Å²) in [5, 5.41) is 4.18. The third kappa shape index (κ3) is 4.02. The standard InChI is InChI=1S/C11H13N5O3S/c1-9(7-15-20(17,18)19)16-6-3-10(8-14-16)11-12-4-2-5-13-11/h2-6,8-9,15H,7H2,1H3/p+1. The van der Waals surface area contributed by atoms with Crippen LogP contribution >= 0.6 is 0 Å². The second-order valence-electron chi connectivity index (χ2n) is 4.14. The van der Waals surface area contributed by atoms with Crippen molar-refractivity contribution >= 4 is 10.3 Å². The lowest BCUT2D eigenvalue weighted by Crippen LogP contribution is -2.46. The Balaban J connectivity index is 2.08. The molecule has 2 aromatic heterocycles. The molecule has 0 aliphatic heterocycles. The van der Waals surface area contributed by atoms with Crippen molar-refractivity contribution in [2.45, 2.75) is 13.0 Å². The molecule has 0 saturated heterocycles. The molecule has 106 valence electrons. The number of hydrogen-bond acceptors (Lipinski definition) is 5. The molecule has 0 amide bonds. The van der Waals surface area contributed by atoms with Crippen LogP contribution in [0, 0.1) is 0 Å². The van der Waals surface area contributed by atoms with E-state index in [1.807, 2.05) is 4.72 Å². The first-order chi connectivity index (χ1) is 9.46. The first-order valence-corrected chi connectivity index (χ1v) is 7.26. The van der Waals surface area contributed by atoms with Gasteiger partial charge in [0, 0.05) is 30.9 Å². The summed E-state index contributed by atoms with van der Waals surface area (Å²) in [6, 6.07) is 3.26. The van der Waals surface area contributed by atoms with Gasteiger partial charge in [-0.15, -0.1) is 0 Å². The quantitative estimate of drug-likeness (QED) is 0.583. The minimum absolute atomic E-state index is 0.0394. The van der Waals surface area contributed by atoms with E-state index in [2.05, 4.69) is 15.1 Å². The van der Waals surface area contributed by atoms with E-state index in [4.69, 9.17) is 4.55 Å². The average molecular weight is 296 g/mol. The van der Waals surface area contributed by atoms with Crippen molar-refractivity contribution in [1.82, 2.24) is 19.8 Å². The van der Waals surface area contributed by atoms with Crippen LogP contribution in [0.4, 0.5) is 0 Å². The fourth-order valence-electron chi connectivity index (χ4n) is 1.53. The lowest BCUT2D eigenvalue weighted by Gasteiger charge is -2.05. The second-order valence-corrected chi connectivity index (χ2v) is 5.38. The maximum absolute atomic E-state index is 10.6. The normalized spacial score (nSPS) is 13.1. The highest BCUT2D eigenvalue weighted by Crippen LogP contribution is 2.09. The third-order valence-electron chi connectivity index (χ3n) is 2.57. The highest BCUT2D eigenvalue weighted by molar-refractivity contribution is 7.83. The molecule has 0 saturated carbocycles. The van der Waals surface area contributed by atoms with Crippen molar-refractivity contribution in [3.05, 3.63) is 36.9 Å². The van der Waals surface area contributed by atoms with Gasteiger partial charge in [-0.3, -0.25) is 4.55 Å². The number of aromatic nitrogens is 4. The smallest absolute Gasteiger partial charge is 0.273 e. The fraction of sp³-hybridized carbons (Fsp3) is 0.273. The topological polar surface area (TPSA) is 109 Å². The summed E-state index contributed by atoms with van der Waals surface area (Å²) in [5.41, 5.74) is 0.761. The van der Waals surface area contributed by atoms with E-state index in [1.54, 1.807) is 48.5 Å². The Kier molecular flexibility index (Phi) is 4.32. The minimum Gasteiger partial charge on any atom is -0.273 e. The number of rotatable bonds is 5. The summed E-state index contributed by atoms with van der Waals surface area (Å²) in [6.45, 7) is 1.81. The van der Waals surface area contributed by atoms with Crippen molar-refractivity contribution < 1.29 is 17.7 Å².